The molecule has 30 atom stereocenters. The normalized spacial score (nSPS) is 38.1. The van der Waals surface area contributed by atoms with Crippen molar-refractivity contribution < 1.29 is 136 Å². The van der Waals surface area contributed by atoms with E-state index in [1.807, 2.05) is 91.8 Å². The number of rotatable bonds is 12. The maximum atomic E-state index is 14.5. The molecule has 8 aliphatic rings. The number of carbonyl (C=O) groups excluding carboxylic acids is 10. The van der Waals surface area contributed by atoms with Crippen LogP contribution in [0, 0.1) is 71.0 Å². The van der Waals surface area contributed by atoms with Gasteiger partial charge in [0.25, 0.3) is 23.4 Å². The summed E-state index contributed by atoms with van der Waals surface area (Å²) in [5, 5.41) is 92.1. The molecular weight excluding hydrogens is 1830 g/mol. The van der Waals surface area contributed by atoms with Gasteiger partial charge < -0.3 is 87.8 Å². The molecule has 32 heteroatoms. The fraction of sp³-hybridized carbons (Fsp3) is 0.764. The molecule has 4 amide bonds. The number of allylic oxidation sites excluding steroid dienone is 12. The van der Waals surface area contributed by atoms with E-state index in [1.165, 1.54) is 24.0 Å². The van der Waals surface area contributed by atoms with Crippen LogP contribution < -0.4 is 0 Å². The number of hydroxylamine groups is 4. The maximum absolute atomic E-state index is 14.5. The molecule has 8 rings (SSSR count). The van der Waals surface area contributed by atoms with Gasteiger partial charge in [0.15, 0.2) is 11.6 Å². The molecule has 8 N–H and O–H groups in total. The molecule has 142 heavy (non-hydrogen) atoms. The topological polar surface area (TPSA) is 438 Å². The van der Waals surface area contributed by atoms with Crippen LogP contribution in [0.15, 0.2) is 95.2 Å². The number of carbonyl (C=O) groups is 10. The molecule has 6 aliphatic heterocycles. The number of piperidine rings is 2. The Morgan fingerprint density at radius 2 is 0.789 bits per heavy atom. The Balaban J connectivity index is 0.000000386. The smallest absolute Gasteiger partial charge is 0.434 e. The summed E-state index contributed by atoms with van der Waals surface area (Å²) >= 11 is 0. The van der Waals surface area contributed by atoms with Gasteiger partial charge in [-0.1, -0.05) is 142 Å². The van der Waals surface area contributed by atoms with E-state index in [1.54, 1.807) is 134 Å². The van der Waals surface area contributed by atoms with Crippen LogP contribution in [-0.2, 0) is 85.7 Å². The fourth-order valence-corrected chi connectivity index (χ4v) is 21.5. The van der Waals surface area contributed by atoms with Crippen molar-refractivity contribution in [3.63, 3.8) is 0 Å². The molecule has 0 radical (unpaired) electrons. The molecule has 0 aromatic carbocycles. The van der Waals surface area contributed by atoms with E-state index in [9.17, 15) is 89.0 Å². The van der Waals surface area contributed by atoms with Crippen LogP contribution in [0.3, 0.4) is 0 Å². The zero-order valence-corrected chi connectivity index (χ0v) is 89.4. The lowest BCUT2D eigenvalue weighted by Crippen LogP contribution is -2.61. The van der Waals surface area contributed by atoms with E-state index in [0.29, 0.717) is 148 Å². The molecular formula is C110H176N4O28. The number of fused-ring (bicyclic) bond motifs is 6. The lowest BCUT2D eigenvalue weighted by Gasteiger charge is -2.43. The number of methoxy groups -OCH3 is 4. The van der Waals surface area contributed by atoms with E-state index >= 15 is 0 Å². The van der Waals surface area contributed by atoms with E-state index in [-0.39, 0.29) is 123 Å². The third kappa shape index (κ3) is 34.8. The van der Waals surface area contributed by atoms with Crippen LogP contribution in [0.4, 0.5) is 9.59 Å². The summed E-state index contributed by atoms with van der Waals surface area (Å²) in [5.41, 5.74) is 0.321. The van der Waals surface area contributed by atoms with Crippen LogP contribution in [0.1, 0.15) is 305 Å². The predicted molar refractivity (Wildman–Crippen MR) is 535 cm³/mol. The third-order valence-electron chi connectivity index (χ3n) is 30.3. The predicted octanol–water partition coefficient (Wildman–Crippen LogP) is 16.0. The van der Waals surface area contributed by atoms with Crippen molar-refractivity contribution in [1.29, 1.82) is 0 Å². The molecule has 4 bridgehead atoms. The summed E-state index contributed by atoms with van der Waals surface area (Å²) in [6.45, 7) is 36.1. The number of aliphatic hydroxyl groups excluding tert-OH is 4. The van der Waals surface area contributed by atoms with Crippen molar-refractivity contribution in [2.75, 3.05) is 41.5 Å². The molecule has 4 saturated heterocycles. The largest absolute Gasteiger partial charge is 0.461 e. The van der Waals surface area contributed by atoms with Crippen molar-refractivity contribution in [3.05, 3.63) is 95.2 Å². The first-order valence-electron chi connectivity index (χ1n) is 52.3. The number of ketones is 4. The highest BCUT2D eigenvalue weighted by molar-refractivity contribution is 6.39. The third-order valence-corrected chi connectivity index (χ3v) is 30.3. The van der Waals surface area contributed by atoms with Gasteiger partial charge in [-0.2, -0.15) is 10.1 Å². The minimum atomic E-state index is -2.57. The Hall–Kier alpha value is -7.54. The van der Waals surface area contributed by atoms with Crippen molar-refractivity contribution in [2.45, 2.75) is 426 Å². The van der Waals surface area contributed by atoms with Gasteiger partial charge in [0.05, 0.1) is 48.7 Å². The number of cyclic esters (lactones) is 2. The highest BCUT2D eigenvalue weighted by atomic mass is 16.7. The molecule has 6 heterocycles. The lowest BCUT2D eigenvalue weighted by atomic mass is 9.78. The maximum Gasteiger partial charge on any atom is 0.434 e. The van der Waals surface area contributed by atoms with E-state index < -0.39 is 179 Å². The summed E-state index contributed by atoms with van der Waals surface area (Å²) in [7, 11) is 6.01. The molecule has 804 valence electrons. The first-order chi connectivity index (χ1) is 66.6. The van der Waals surface area contributed by atoms with Gasteiger partial charge in [0.2, 0.25) is 11.6 Å². The molecule has 0 aromatic rings. The van der Waals surface area contributed by atoms with Gasteiger partial charge >= 0.3 is 24.1 Å². The van der Waals surface area contributed by atoms with Crippen LogP contribution in [0.5, 0.6) is 0 Å². The standard InChI is InChI=1S/2C55H88N2O14/c2*1-33-18-14-13-15-19-35(3)43(57(66)53(64)71-54(8,9)10)32-41-24-22-39(7)55(65,70-41)50(61)51(62)56-27-17-16-20-42(56)52(63)69-45(36(4)30-40-23-25-44(58)46(31-40)67-11)26-21-34(2)29-38(6)48(60)49(68-12)47(59)37(5)28-33/h2*13-15,18-19,29,33-34,36-37,39-46,48-49,58,60,65-66H,16-17,20-28,30-32H2,1-12H3/b2*15-13+,18-14+,35-19+,38-29+/t33-,34+,36-,37-,39-,40+,41+,42+,43+,44-,45+,46-,48-,49+,55-;33-,34+,36-,37-,39-,40+,41+,42+,43-,44-,45+,46-,48-,49+,55-/m11/s1. The van der Waals surface area contributed by atoms with Crippen LogP contribution in [-0.4, -0.2) is 282 Å². The quantitative estimate of drug-likeness (QED) is 0.0225. The SMILES string of the molecule is CO[C@@H]1C[C@H](C[C@@H](C)[C@@H]2CC[C@H](C)/C=C(\C)[C@@H](O)[C@@H](OC)C(=O)[C@H](C)C[C@H](C)/C=C/C=C/C=C(\C)[C@@H](N(O)C(=O)OC(C)(C)C)C[C@@H]3CC[C@@H](C)[C@@](O)(O3)C(=O)C(=O)N3CCCC[C@H]3C(=O)O2)CC[C@H]1O.CO[C@@H]1C[C@H](C[C@@H](C)[C@@H]2CC[C@H](C)/C=C(\C)[C@@H](O)[C@@H](OC)C(=O)[C@H](C)C[C@H](C)/C=C/C=C/C=C(\C)[C@H](N(O)C(=O)OC(C)(C)C)C[C@@H]3CC[C@@H](C)[C@@](O)(O3)C(=O)C(=O)N3CCCC[C@H]3C(=O)O2)CC[C@H]1O. The Morgan fingerprint density at radius 3 is 1.12 bits per heavy atom. The first kappa shape index (κ1) is 121. The monoisotopic (exact) mass is 2000 g/mol. The second-order valence-corrected chi connectivity index (χ2v) is 44.6. The number of amides is 4. The zero-order valence-electron chi connectivity index (χ0n) is 89.4. The molecule has 0 spiro atoms. The van der Waals surface area contributed by atoms with Crippen molar-refractivity contribution in [3.8, 4) is 0 Å². The minimum absolute atomic E-state index is 0.0330. The number of esters is 2. The van der Waals surface area contributed by atoms with Crippen LogP contribution >= 0.6 is 0 Å². The molecule has 0 unspecified atom stereocenters. The Labute approximate surface area is 844 Å². The van der Waals surface area contributed by atoms with E-state index in [0.717, 1.165) is 12.8 Å². The van der Waals surface area contributed by atoms with Gasteiger partial charge in [-0.3, -0.25) is 39.2 Å². The highest BCUT2D eigenvalue weighted by Gasteiger charge is 2.56. The van der Waals surface area contributed by atoms with Gasteiger partial charge in [-0.05, 0) is 293 Å². The van der Waals surface area contributed by atoms with E-state index in [4.69, 9.17) is 47.4 Å². The van der Waals surface area contributed by atoms with Crippen molar-refractivity contribution in [2.24, 2.45) is 71.0 Å². The Bertz CT molecular complexity index is 4120. The summed E-state index contributed by atoms with van der Waals surface area (Å²) < 4.78 is 58.7. The molecule has 0 aromatic heterocycles. The second kappa shape index (κ2) is 56.0. The Morgan fingerprint density at radius 1 is 0.437 bits per heavy atom. The second-order valence-electron chi connectivity index (χ2n) is 44.6. The minimum Gasteiger partial charge on any atom is -0.461 e. The fourth-order valence-electron chi connectivity index (χ4n) is 21.5. The highest BCUT2D eigenvalue weighted by Crippen LogP contribution is 2.43. The van der Waals surface area contributed by atoms with Crippen molar-refractivity contribution in [1.82, 2.24) is 19.9 Å². The number of ether oxygens (including phenoxy) is 10. The van der Waals surface area contributed by atoms with Crippen LogP contribution in [0.25, 0.3) is 0 Å². The number of hydrogen-bond acceptors (Lipinski definition) is 28. The zero-order chi connectivity index (χ0) is 106. The van der Waals surface area contributed by atoms with Gasteiger partial charge in [-0.25, -0.2) is 19.2 Å². The van der Waals surface area contributed by atoms with Crippen LogP contribution in [0.2, 0.25) is 0 Å². The lowest BCUT2D eigenvalue weighted by molar-refractivity contribution is -0.266. The summed E-state index contributed by atoms with van der Waals surface area (Å²) in [5.74, 6) is -14.1. The summed E-state index contributed by atoms with van der Waals surface area (Å²) in [6, 6.07) is -4.29. The van der Waals surface area contributed by atoms with Crippen molar-refractivity contribution >= 4 is 59.1 Å². The number of hydrogen-bond donors (Lipinski definition) is 8. The molecule has 2 aliphatic carbocycles. The number of Topliss-reactive ketones (excluding diaryl/α,β-unsaturated/α-hetero) is 4. The number of nitrogens with zero attached hydrogens (tertiary/aromatic N) is 4. The average molecular weight is 2000 g/mol. The summed E-state index contributed by atoms with van der Waals surface area (Å²) in [6.07, 6.45) is 22.7. The summed E-state index contributed by atoms with van der Waals surface area (Å²) in [4.78, 5) is 143. The molecule has 32 nitrogen and oxygen atoms in total. The average Bonchev–Trinajstić information content (AvgIpc) is 0.771. The van der Waals surface area contributed by atoms with E-state index in [2.05, 4.69) is 0 Å². The molecule has 2 saturated carbocycles. The molecule has 6 fully saturated rings. The van der Waals surface area contributed by atoms with Gasteiger partial charge in [0.1, 0.15) is 59.9 Å². The van der Waals surface area contributed by atoms with Gasteiger partial charge in [-0.15, -0.1) is 0 Å². The number of aliphatic hydroxyl groups is 6. The first-order valence-corrected chi connectivity index (χ1v) is 52.3. The van der Waals surface area contributed by atoms with Gasteiger partial charge in [0, 0.05) is 78.0 Å². The Kier molecular flexibility index (Phi) is 47.9.